The van der Waals surface area contributed by atoms with Gasteiger partial charge in [-0.3, -0.25) is 9.69 Å². The number of nitrogens with one attached hydrogen (secondary N) is 2. The normalized spacial score (nSPS) is 16.8. The third-order valence-corrected chi connectivity index (χ3v) is 2.86. The number of piperazine rings is 1. The van der Waals surface area contributed by atoms with Crippen LogP contribution in [0.3, 0.4) is 0 Å². The Morgan fingerprint density at radius 1 is 1.41 bits per heavy atom. The molecule has 2 N–H and O–H groups in total. The van der Waals surface area contributed by atoms with Gasteiger partial charge in [-0.2, -0.15) is 0 Å². The van der Waals surface area contributed by atoms with Crippen molar-refractivity contribution in [3.63, 3.8) is 0 Å². The third-order valence-electron chi connectivity index (χ3n) is 2.86. The summed E-state index contributed by atoms with van der Waals surface area (Å²) in [6.45, 7) is 6.78. The smallest absolute Gasteiger partial charge is 0.221 e. The molecule has 1 fully saturated rings. The molecule has 0 aromatic heterocycles. The molecule has 0 spiro atoms. The summed E-state index contributed by atoms with van der Waals surface area (Å²) in [6.07, 6.45) is 0. The van der Waals surface area contributed by atoms with Gasteiger partial charge in [0.15, 0.2) is 0 Å². The minimum atomic E-state index is -0.0238. The van der Waals surface area contributed by atoms with Crippen LogP contribution in [0, 0.1) is 0 Å². The Labute approximate surface area is 102 Å². The minimum Gasteiger partial charge on any atom is -0.326 e. The molecule has 0 unspecified atom stereocenters. The molecule has 1 aromatic carbocycles. The van der Waals surface area contributed by atoms with Crippen LogP contribution in [0.4, 0.5) is 5.69 Å². The largest absolute Gasteiger partial charge is 0.326 e. The highest BCUT2D eigenvalue weighted by molar-refractivity contribution is 5.88. The van der Waals surface area contributed by atoms with Crippen molar-refractivity contribution in [3.05, 3.63) is 29.8 Å². The molecule has 1 saturated heterocycles. The molecule has 1 aliphatic heterocycles. The lowest BCUT2D eigenvalue weighted by molar-refractivity contribution is -0.114. The molecule has 0 radical (unpaired) electrons. The second kappa shape index (κ2) is 5.80. The maximum absolute atomic E-state index is 11.0. The van der Waals surface area contributed by atoms with E-state index >= 15 is 0 Å². The fourth-order valence-corrected chi connectivity index (χ4v) is 2.08. The van der Waals surface area contributed by atoms with Gasteiger partial charge in [0.25, 0.3) is 0 Å². The number of benzene rings is 1. The number of rotatable bonds is 3. The van der Waals surface area contributed by atoms with Crippen LogP contribution in [-0.2, 0) is 11.3 Å². The highest BCUT2D eigenvalue weighted by atomic mass is 16.1. The summed E-state index contributed by atoms with van der Waals surface area (Å²) in [6, 6.07) is 8.06. The fourth-order valence-electron chi connectivity index (χ4n) is 2.08. The van der Waals surface area contributed by atoms with Crippen LogP contribution in [0.5, 0.6) is 0 Å². The predicted molar refractivity (Wildman–Crippen MR) is 68.9 cm³/mol. The van der Waals surface area contributed by atoms with E-state index < -0.39 is 0 Å². The minimum absolute atomic E-state index is 0.0238. The topological polar surface area (TPSA) is 44.4 Å². The van der Waals surface area contributed by atoms with Gasteiger partial charge in [-0.05, 0) is 17.7 Å². The van der Waals surface area contributed by atoms with Gasteiger partial charge in [0.2, 0.25) is 5.91 Å². The van der Waals surface area contributed by atoms with Crippen LogP contribution >= 0.6 is 0 Å². The van der Waals surface area contributed by atoms with Gasteiger partial charge < -0.3 is 10.6 Å². The summed E-state index contributed by atoms with van der Waals surface area (Å²) in [5.74, 6) is -0.0238. The van der Waals surface area contributed by atoms with E-state index in [9.17, 15) is 4.79 Å². The Morgan fingerprint density at radius 3 is 2.88 bits per heavy atom. The van der Waals surface area contributed by atoms with E-state index in [2.05, 4.69) is 21.6 Å². The summed E-state index contributed by atoms with van der Waals surface area (Å²) in [5.41, 5.74) is 2.13. The van der Waals surface area contributed by atoms with Crippen LogP contribution in [0.2, 0.25) is 0 Å². The van der Waals surface area contributed by atoms with Crippen molar-refractivity contribution >= 4 is 11.6 Å². The van der Waals surface area contributed by atoms with Gasteiger partial charge in [-0.25, -0.2) is 0 Å². The molecule has 4 heteroatoms. The van der Waals surface area contributed by atoms with Gasteiger partial charge in [0.05, 0.1) is 0 Å². The molecule has 1 amide bonds. The van der Waals surface area contributed by atoms with Crippen LogP contribution < -0.4 is 10.6 Å². The molecule has 92 valence electrons. The van der Waals surface area contributed by atoms with Crippen molar-refractivity contribution in [2.24, 2.45) is 0 Å². The quantitative estimate of drug-likeness (QED) is 0.820. The summed E-state index contributed by atoms with van der Waals surface area (Å²) < 4.78 is 0. The molecular weight excluding hydrogens is 214 g/mol. The van der Waals surface area contributed by atoms with E-state index in [-0.39, 0.29) is 5.91 Å². The summed E-state index contributed by atoms with van der Waals surface area (Å²) in [4.78, 5) is 13.4. The summed E-state index contributed by atoms with van der Waals surface area (Å²) >= 11 is 0. The highest BCUT2D eigenvalue weighted by Crippen LogP contribution is 2.12. The van der Waals surface area contributed by atoms with Gasteiger partial charge in [-0.15, -0.1) is 0 Å². The highest BCUT2D eigenvalue weighted by Gasteiger charge is 2.09. The Morgan fingerprint density at radius 2 is 2.18 bits per heavy atom. The van der Waals surface area contributed by atoms with Crippen LogP contribution in [0.1, 0.15) is 12.5 Å². The van der Waals surface area contributed by atoms with E-state index in [1.54, 1.807) is 0 Å². The molecule has 1 aromatic rings. The lowest BCUT2D eigenvalue weighted by atomic mass is 10.1. The standard InChI is InChI=1S/C13H19N3O/c1-11(17)15-13-4-2-3-12(9-13)10-16-7-5-14-6-8-16/h2-4,9,14H,5-8,10H2,1H3,(H,15,17). The van der Waals surface area contributed by atoms with Crippen LogP contribution in [0.25, 0.3) is 0 Å². The molecule has 1 aliphatic rings. The van der Waals surface area contributed by atoms with Crippen molar-refractivity contribution in [2.75, 3.05) is 31.5 Å². The molecular formula is C13H19N3O. The number of anilines is 1. The predicted octanol–water partition coefficient (Wildman–Crippen LogP) is 1.05. The summed E-state index contributed by atoms with van der Waals surface area (Å²) in [7, 11) is 0. The molecule has 0 aliphatic carbocycles. The zero-order valence-corrected chi connectivity index (χ0v) is 10.2. The first-order valence-electron chi connectivity index (χ1n) is 6.03. The first kappa shape index (κ1) is 12.1. The maximum Gasteiger partial charge on any atom is 0.221 e. The van der Waals surface area contributed by atoms with Crippen molar-refractivity contribution < 1.29 is 4.79 Å². The number of nitrogens with zero attached hydrogens (tertiary/aromatic N) is 1. The van der Waals surface area contributed by atoms with Crippen molar-refractivity contribution in [2.45, 2.75) is 13.5 Å². The fraction of sp³-hybridized carbons (Fsp3) is 0.462. The van der Waals surface area contributed by atoms with Gasteiger partial charge in [-0.1, -0.05) is 12.1 Å². The van der Waals surface area contributed by atoms with Crippen LogP contribution in [-0.4, -0.2) is 37.0 Å². The van der Waals surface area contributed by atoms with Crippen LogP contribution in [0.15, 0.2) is 24.3 Å². The molecule has 0 saturated carbocycles. The molecule has 1 heterocycles. The Kier molecular flexibility index (Phi) is 4.12. The number of hydrogen-bond donors (Lipinski definition) is 2. The van der Waals surface area contributed by atoms with E-state index in [1.807, 2.05) is 18.2 Å². The number of carbonyl (C=O) groups is 1. The Bertz CT molecular complexity index is 386. The molecule has 0 bridgehead atoms. The van der Waals surface area contributed by atoms with Gasteiger partial charge >= 0.3 is 0 Å². The lowest BCUT2D eigenvalue weighted by Crippen LogP contribution is -2.42. The maximum atomic E-state index is 11.0. The Balaban J connectivity index is 1.97. The molecule has 4 nitrogen and oxygen atoms in total. The molecule has 2 rings (SSSR count). The Hall–Kier alpha value is -1.39. The second-order valence-corrected chi connectivity index (χ2v) is 4.41. The van der Waals surface area contributed by atoms with E-state index in [0.29, 0.717) is 0 Å². The van der Waals surface area contributed by atoms with Gasteiger partial charge in [0.1, 0.15) is 0 Å². The zero-order chi connectivity index (χ0) is 12.1. The first-order valence-corrected chi connectivity index (χ1v) is 6.03. The zero-order valence-electron chi connectivity index (χ0n) is 10.2. The monoisotopic (exact) mass is 233 g/mol. The van der Waals surface area contributed by atoms with Crippen molar-refractivity contribution in [1.29, 1.82) is 0 Å². The lowest BCUT2D eigenvalue weighted by Gasteiger charge is -2.27. The van der Waals surface area contributed by atoms with E-state index in [4.69, 9.17) is 0 Å². The van der Waals surface area contributed by atoms with Crippen molar-refractivity contribution in [3.8, 4) is 0 Å². The molecule has 0 atom stereocenters. The summed E-state index contributed by atoms with van der Waals surface area (Å²) in [5, 5.41) is 6.15. The second-order valence-electron chi connectivity index (χ2n) is 4.41. The third kappa shape index (κ3) is 3.84. The number of carbonyl (C=O) groups excluding carboxylic acids is 1. The SMILES string of the molecule is CC(=O)Nc1cccc(CN2CCNCC2)c1. The first-order chi connectivity index (χ1) is 8.24. The molecule has 17 heavy (non-hydrogen) atoms. The average molecular weight is 233 g/mol. The van der Waals surface area contributed by atoms with Crippen molar-refractivity contribution in [1.82, 2.24) is 10.2 Å². The van der Waals surface area contributed by atoms with E-state index in [1.165, 1.54) is 12.5 Å². The number of amides is 1. The number of hydrogen-bond acceptors (Lipinski definition) is 3. The average Bonchev–Trinajstić information content (AvgIpc) is 2.30. The van der Waals surface area contributed by atoms with E-state index in [0.717, 1.165) is 38.4 Å². The van der Waals surface area contributed by atoms with Gasteiger partial charge in [0, 0.05) is 45.3 Å².